The van der Waals surface area contributed by atoms with Gasteiger partial charge < -0.3 is 13.9 Å². The molecule has 0 aliphatic heterocycles. The van der Waals surface area contributed by atoms with E-state index in [1.807, 2.05) is 36.4 Å². The lowest BCUT2D eigenvalue weighted by molar-refractivity contribution is 0.338. The molecule has 1 aliphatic rings. The van der Waals surface area contributed by atoms with E-state index in [0.717, 1.165) is 34.9 Å². The first-order valence-electron chi connectivity index (χ1n) is 11.9. The largest absolute Gasteiger partial charge is 0.493 e. The molecule has 1 saturated carbocycles. The summed E-state index contributed by atoms with van der Waals surface area (Å²) in [6.45, 7) is 0. The fraction of sp³-hybridized carbons (Fsp3) is 0.385. The van der Waals surface area contributed by atoms with Gasteiger partial charge in [-0.3, -0.25) is 4.57 Å². The van der Waals surface area contributed by atoms with Gasteiger partial charge in [0.1, 0.15) is 0 Å². The molecular weight excluding hydrogens is 462 g/mol. The minimum absolute atomic E-state index is 0.362. The Morgan fingerprint density at radius 2 is 1.66 bits per heavy atom. The number of ether oxygens (including phenoxy) is 2. The third-order valence-corrected chi connectivity index (χ3v) is 7.21. The van der Waals surface area contributed by atoms with E-state index in [4.69, 9.17) is 13.9 Å². The molecule has 2 aromatic heterocycles. The molecule has 9 heteroatoms. The van der Waals surface area contributed by atoms with Crippen molar-refractivity contribution < 1.29 is 13.9 Å². The van der Waals surface area contributed by atoms with E-state index < -0.39 is 0 Å². The Bertz CT molecular complexity index is 1250. The minimum Gasteiger partial charge on any atom is -0.493 e. The van der Waals surface area contributed by atoms with Gasteiger partial charge in [0.15, 0.2) is 22.5 Å². The lowest BCUT2D eigenvalue weighted by atomic mass is 9.95. The maximum Gasteiger partial charge on any atom is 0.226 e. The van der Waals surface area contributed by atoms with Crippen molar-refractivity contribution in [3.63, 3.8) is 0 Å². The number of benzene rings is 2. The maximum atomic E-state index is 5.91. The van der Waals surface area contributed by atoms with Crippen LogP contribution < -0.4 is 9.47 Å². The Labute approximate surface area is 209 Å². The Kier molecular flexibility index (Phi) is 7.32. The van der Waals surface area contributed by atoms with Crippen LogP contribution in [0.4, 0.5) is 0 Å². The second kappa shape index (κ2) is 10.9. The number of rotatable bonds is 9. The van der Waals surface area contributed by atoms with Crippen molar-refractivity contribution in [3.8, 4) is 22.9 Å². The number of hydrogen-bond donors (Lipinski definition) is 0. The van der Waals surface area contributed by atoms with Gasteiger partial charge in [-0.15, -0.1) is 20.4 Å². The maximum absolute atomic E-state index is 5.91. The molecule has 0 radical (unpaired) electrons. The van der Waals surface area contributed by atoms with Crippen molar-refractivity contribution in [1.82, 2.24) is 25.0 Å². The predicted octanol–water partition coefficient (Wildman–Crippen LogP) is 5.73. The standard InChI is InChI=1S/C26H29N5O3S/c1-32-21-14-13-19(16-22(21)33-2)25-29-30-26(31(25)20-11-7-4-8-12-20)35-17-24-28-27-23(34-24)15-18-9-5-3-6-10-18/h3,5-6,9-10,13-14,16,20H,4,7-8,11-12,15,17H2,1-2H3. The van der Waals surface area contributed by atoms with Crippen LogP contribution in [0.3, 0.4) is 0 Å². The molecule has 0 amide bonds. The van der Waals surface area contributed by atoms with Gasteiger partial charge in [0.2, 0.25) is 11.8 Å². The highest BCUT2D eigenvalue weighted by atomic mass is 32.2. The van der Waals surface area contributed by atoms with Crippen molar-refractivity contribution in [2.24, 2.45) is 0 Å². The highest BCUT2D eigenvalue weighted by Crippen LogP contribution is 2.38. The number of thioether (sulfide) groups is 1. The number of hydrogen-bond acceptors (Lipinski definition) is 8. The first-order valence-corrected chi connectivity index (χ1v) is 12.9. The van der Waals surface area contributed by atoms with Crippen molar-refractivity contribution >= 4 is 11.8 Å². The zero-order valence-electron chi connectivity index (χ0n) is 20.0. The Balaban J connectivity index is 1.38. The molecule has 0 saturated heterocycles. The summed E-state index contributed by atoms with van der Waals surface area (Å²) in [5, 5.41) is 18.5. The fourth-order valence-electron chi connectivity index (χ4n) is 4.53. The molecule has 4 aromatic rings. The molecule has 8 nitrogen and oxygen atoms in total. The van der Waals surface area contributed by atoms with Crippen LogP contribution in [-0.4, -0.2) is 39.2 Å². The van der Waals surface area contributed by atoms with E-state index in [-0.39, 0.29) is 0 Å². The van der Waals surface area contributed by atoms with Crippen molar-refractivity contribution in [2.75, 3.05) is 14.2 Å². The summed E-state index contributed by atoms with van der Waals surface area (Å²) in [6.07, 6.45) is 6.57. The van der Waals surface area contributed by atoms with Crippen molar-refractivity contribution in [1.29, 1.82) is 0 Å². The molecule has 0 atom stereocenters. The van der Waals surface area contributed by atoms with E-state index in [0.29, 0.717) is 41.5 Å². The normalized spacial score (nSPS) is 14.2. The molecule has 5 rings (SSSR count). The van der Waals surface area contributed by atoms with E-state index >= 15 is 0 Å². The third-order valence-electron chi connectivity index (χ3n) is 6.28. The predicted molar refractivity (Wildman–Crippen MR) is 134 cm³/mol. The molecule has 2 heterocycles. The minimum atomic E-state index is 0.362. The summed E-state index contributed by atoms with van der Waals surface area (Å²) in [4.78, 5) is 0. The Hall–Kier alpha value is -3.33. The summed E-state index contributed by atoms with van der Waals surface area (Å²) in [5.41, 5.74) is 2.10. The van der Waals surface area contributed by atoms with Gasteiger partial charge in [-0.25, -0.2) is 0 Å². The monoisotopic (exact) mass is 491 g/mol. The van der Waals surface area contributed by atoms with Gasteiger partial charge in [0.05, 0.1) is 26.4 Å². The highest BCUT2D eigenvalue weighted by molar-refractivity contribution is 7.98. The summed E-state index contributed by atoms with van der Waals surface area (Å²) < 4.78 is 19.1. The zero-order chi connectivity index (χ0) is 24.0. The number of nitrogens with zero attached hydrogens (tertiary/aromatic N) is 5. The van der Waals surface area contributed by atoms with Crippen LogP contribution >= 0.6 is 11.8 Å². The van der Waals surface area contributed by atoms with Gasteiger partial charge in [-0.2, -0.15) is 0 Å². The quantitative estimate of drug-likeness (QED) is 0.274. The second-order valence-corrected chi connectivity index (χ2v) is 9.52. The SMILES string of the molecule is COc1ccc(-c2nnc(SCc3nnc(Cc4ccccc4)o3)n2C2CCCCC2)cc1OC. The van der Waals surface area contributed by atoms with Crippen LogP contribution in [0.15, 0.2) is 58.1 Å². The van der Waals surface area contributed by atoms with Gasteiger partial charge in [-0.1, -0.05) is 61.4 Å². The van der Waals surface area contributed by atoms with E-state index in [2.05, 4.69) is 37.1 Å². The molecule has 1 fully saturated rings. The van der Waals surface area contributed by atoms with Crippen molar-refractivity contribution in [3.05, 3.63) is 65.9 Å². The number of aromatic nitrogens is 5. The molecule has 0 unspecified atom stereocenters. The summed E-state index contributed by atoms with van der Waals surface area (Å²) in [6, 6.07) is 16.4. The molecule has 0 N–H and O–H groups in total. The second-order valence-electron chi connectivity index (χ2n) is 8.58. The molecule has 35 heavy (non-hydrogen) atoms. The van der Waals surface area contributed by atoms with Gasteiger partial charge in [-0.05, 0) is 36.6 Å². The number of methoxy groups -OCH3 is 2. The van der Waals surface area contributed by atoms with Crippen molar-refractivity contribution in [2.45, 2.75) is 55.5 Å². The molecule has 0 spiro atoms. The first-order chi connectivity index (χ1) is 17.2. The highest BCUT2D eigenvalue weighted by Gasteiger charge is 2.25. The van der Waals surface area contributed by atoms with Crippen LogP contribution in [0, 0.1) is 0 Å². The topological polar surface area (TPSA) is 88.1 Å². The van der Waals surface area contributed by atoms with Crippen LogP contribution in [0.5, 0.6) is 11.5 Å². The molecule has 1 aliphatic carbocycles. The molecule has 0 bridgehead atoms. The van der Waals surface area contributed by atoms with Crippen LogP contribution in [-0.2, 0) is 12.2 Å². The lowest BCUT2D eigenvalue weighted by Crippen LogP contribution is -2.15. The van der Waals surface area contributed by atoms with Crippen LogP contribution in [0.25, 0.3) is 11.4 Å². The average Bonchev–Trinajstić information content (AvgIpc) is 3.55. The molecular formula is C26H29N5O3S. The zero-order valence-corrected chi connectivity index (χ0v) is 20.8. The Morgan fingerprint density at radius 3 is 2.43 bits per heavy atom. The summed E-state index contributed by atoms with van der Waals surface area (Å²) >= 11 is 1.58. The summed E-state index contributed by atoms with van der Waals surface area (Å²) in [5.74, 6) is 3.96. The molecule has 2 aromatic carbocycles. The van der Waals surface area contributed by atoms with Gasteiger partial charge in [0.25, 0.3) is 0 Å². The fourth-order valence-corrected chi connectivity index (χ4v) is 5.37. The summed E-state index contributed by atoms with van der Waals surface area (Å²) in [7, 11) is 3.28. The van der Waals surface area contributed by atoms with Gasteiger partial charge >= 0.3 is 0 Å². The third kappa shape index (κ3) is 5.35. The Morgan fingerprint density at radius 1 is 0.886 bits per heavy atom. The van der Waals surface area contributed by atoms with Crippen LogP contribution in [0.2, 0.25) is 0 Å². The van der Waals surface area contributed by atoms with E-state index in [9.17, 15) is 0 Å². The van der Waals surface area contributed by atoms with E-state index in [1.165, 1.54) is 19.3 Å². The van der Waals surface area contributed by atoms with Crippen LogP contribution in [0.1, 0.15) is 55.5 Å². The lowest BCUT2D eigenvalue weighted by Gasteiger charge is -2.25. The van der Waals surface area contributed by atoms with E-state index in [1.54, 1.807) is 26.0 Å². The van der Waals surface area contributed by atoms with Gasteiger partial charge in [0, 0.05) is 11.6 Å². The smallest absolute Gasteiger partial charge is 0.226 e. The average molecular weight is 492 g/mol. The molecule has 182 valence electrons. The first kappa shape index (κ1) is 23.4.